The molecule has 0 aromatic carbocycles. The molecule has 1 fully saturated rings. The van der Waals surface area contributed by atoms with Crippen molar-refractivity contribution in [2.45, 2.75) is 57.5 Å². The van der Waals surface area contributed by atoms with Crippen molar-refractivity contribution in [2.75, 3.05) is 13.1 Å². The van der Waals surface area contributed by atoms with E-state index in [0.717, 1.165) is 44.9 Å². The number of hydrazine groups is 1. The molecule has 186 valence electrons. The molecule has 13 heteroatoms. The van der Waals surface area contributed by atoms with Crippen molar-refractivity contribution in [1.29, 1.82) is 0 Å². The van der Waals surface area contributed by atoms with Crippen molar-refractivity contribution >= 4 is 29.6 Å². The maximum atomic E-state index is 12.2. The van der Waals surface area contributed by atoms with E-state index in [1.54, 1.807) is 0 Å². The first kappa shape index (κ1) is 28.1. The third-order valence-electron chi connectivity index (χ3n) is 5.34. The SMILES string of the molecule is NNC(=O)CCCCCNC(=O)C1CCC(CN2C(=O)C=CC2=O)CC1.O=C(O)C(F)(F)F. The number of amides is 4. The Morgan fingerprint density at radius 2 is 1.58 bits per heavy atom. The highest BCUT2D eigenvalue weighted by atomic mass is 19.4. The van der Waals surface area contributed by atoms with Crippen LogP contribution < -0.4 is 16.6 Å². The van der Waals surface area contributed by atoms with Gasteiger partial charge in [-0.15, -0.1) is 0 Å². The molecule has 1 heterocycles. The number of unbranched alkanes of at least 4 members (excludes halogenated alkanes) is 2. The Morgan fingerprint density at radius 1 is 1.03 bits per heavy atom. The number of carboxylic acid groups (broad SMARTS) is 1. The van der Waals surface area contributed by atoms with Gasteiger partial charge in [0, 0.05) is 37.6 Å². The Morgan fingerprint density at radius 3 is 2.06 bits per heavy atom. The zero-order chi connectivity index (χ0) is 25.0. The number of nitrogens with zero attached hydrogens (tertiary/aromatic N) is 1. The highest BCUT2D eigenvalue weighted by Gasteiger charge is 2.38. The van der Waals surface area contributed by atoms with Crippen molar-refractivity contribution in [1.82, 2.24) is 15.6 Å². The van der Waals surface area contributed by atoms with Crippen LogP contribution in [0.15, 0.2) is 12.2 Å². The number of nitrogens with two attached hydrogens (primary N) is 1. The lowest BCUT2D eigenvalue weighted by Crippen LogP contribution is -2.38. The molecule has 1 aliphatic carbocycles. The summed E-state index contributed by atoms with van der Waals surface area (Å²) in [5.74, 6) is 1.98. The number of carbonyl (C=O) groups excluding carboxylic acids is 4. The maximum Gasteiger partial charge on any atom is 0.490 e. The van der Waals surface area contributed by atoms with Gasteiger partial charge in [0.05, 0.1) is 0 Å². The maximum absolute atomic E-state index is 12.2. The van der Waals surface area contributed by atoms with Gasteiger partial charge in [0.15, 0.2) is 0 Å². The molecule has 10 nitrogen and oxygen atoms in total. The minimum atomic E-state index is -5.08. The van der Waals surface area contributed by atoms with E-state index < -0.39 is 12.1 Å². The summed E-state index contributed by atoms with van der Waals surface area (Å²) < 4.78 is 31.7. The third kappa shape index (κ3) is 10.5. The second kappa shape index (κ2) is 13.6. The van der Waals surface area contributed by atoms with Gasteiger partial charge in [-0.3, -0.25) is 29.5 Å². The number of rotatable bonds is 9. The Labute approximate surface area is 188 Å². The predicted octanol–water partition coefficient (Wildman–Crippen LogP) is 1.02. The van der Waals surface area contributed by atoms with Gasteiger partial charge in [-0.2, -0.15) is 13.2 Å². The van der Waals surface area contributed by atoms with E-state index in [2.05, 4.69) is 10.7 Å². The first-order chi connectivity index (χ1) is 15.5. The monoisotopic (exact) mass is 478 g/mol. The molecule has 0 aromatic heterocycles. The van der Waals surface area contributed by atoms with Gasteiger partial charge in [0.25, 0.3) is 11.8 Å². The van der Waals surface area contributed by atoms with Gasteiger partial charge in [0.1, 0.15) is 0 Å². The van der Waals surface area contributed by atoms with E-state index in [0.29, 0.717) is 19.5 Å². The second-order valence-corrected chi connectivity index (χ2v) is 7.81. The molecule has 0 radical (unpaired) electrons. The molecule has 1 aliphatic heterocycles. The number of aliphatic carboxylic acids is 1. The topological polar surface area (TPSA) is 159 Å². The fourth-order valence-corrected chi connectivity index (χ4v) is 3.49. The fourth-order valence-electron chi connectivity index (χ4n) is 3.49. The summed E-state index contributed by atoms with van der Waals surface area (Å²) in [6.07, 6.45) is 3.68. The minimum Gasteiger partial charge on any atom is -0.475 e. The number of alkyl halides is 3. The normalized spacial score (nSPS) is 20.2. The standard InChI is InChI=1S/C18H28N4O4.C2HF3O2/c19-21-15(23)4-2-1-3-11-20-18(26)14-7-5-13(6-8-14)12-22-16(24)9-10-17(22)25;3-2(4,5)1(6)7/h9-10,13-14H,1-8,11-12,19H2,(H,20,26)(H,21,23);(H,6,7). The molecule has 0 unspecified atom stereocenters. The summed E-state index contributed by atoms with van der Waals surface area (Å²) in [4.78, 5) is 56.6. The first-order valence-electron chi connectivity index (χ1n) is 10.6. The molecular formula is C20H29F3N4O6. The smallest absolute Gasteiger partial charge is 0.475 e. The Kier molecular flexibility index (Phi) is 11.5. The number of carbonyl (C=O) groups is 5. The zero-order valence-electron chi connectivity index (χ0n) is 18.0. The lowest BCUT2D eigenvalue weighted by Gasteiger charge is -2.30. The number of carboxylic acids is 1. The van der Waals surface area contributed by atoms with E-state index in [9.17, 15) is 32.3 Å². The van der Waals surface area contributed by atoms with Crippen molar-refractivity contribution in [3.05, 3.63) is 12.2 Å². The van der Waals surface area contributed by atoms with E-state index in [1.807, 2.05) is 0 Å². The number of hydrogen-bond donors (Lipinski definition) is 4. The first-order valence-corrected chi connectivity index (χ1v) is 10.6. The molecule has 0 bridgehead atoms. The van der Waals surface area contributed by atoms with Crippen LogP contribution in [-0.4, -0.2) is 58.9 Å². The van der Waals surface area contributed by atoms with Crippen LogP contribution in [0.4, 0.5) is 13.2 Å². The summed E-state index contributed by atoms with van der Waals surface area (Å²) in [7, 11) is 0. The molecule has 0 spiro atoms. The van der Waals surface area contributed by atoms with Gasteiger partial charge in [-0.25, -0.2) is 10.6 Å². The van der Waals surface area contributed by atoms with E-state index >= 15 is 0 Å². The van der Waals surface area contributed by atoms with Crippen LogP contribution in [0.25, 0.3) is 0 Å². The molecule has 1 saturated carbocycles. The molecule has 0 saturated heterocycles. The van der Waals surface area contributed by atoms with Crippen molar-refractivity contribution < 1.29 is 42.3 Å². The van der Waals surface area contributed by atoms with Crippen LogP contribution in [-0.2, 0) is 24.0 Å². The van der Waals surface area contributed by atoms with Crippen LogP contribution >= 0.6 is 0 Å². The molecule has 4 amide bonds. The largest absolute Gasteiger partial charge is 0.490 e. The average molecular weight is 478 g/mol. The average Bonchev–Trinajstić information content (AvgIpc) is 3.08. The molecule has 33 heavy (non-hydrogen) atoms. The number of hydrogen-bond acceptors (Lipinski definition) is 6. The van der Waals surface area contributed by atoms with Gasteiger partial charge >= 0.3 is 12.1 Å². The van der Waals surface area contributed by atoms with E-state index in [1.165, 1.54) is 17.1 Å². The third-order valence-corrected chi connectivity index (χ3v) is 5.34. The van der Waals surface area contributed by atoms with Crippen LogP contribution in [0, 0.1) is 11.8 Å². The number of imide groups is 1. The molecule has 2 rings (SSSR count). The van der Waals surface area contributed by atoms with Crippen molar-refractivity contribution in [3.8, 4) is 0 Å². The number of nitrogens with one attached hydrogen (secondary N) is 2. The Bertz CT molecular complexity index is 731. The predicted molar refractivity (Wildman–Crippen MR) is 109 cm³/mol. The number of halogens is 3. The highest BCUT2D eigenvalue weighted by Crippen LogP contribution is 2.30. The van der Waals surface area contributed by atoms with Crippen molar-refractivity contribution in [2.24, 2.45) is 17.7 Å². The van der Waals surface area contributed by atoms with Gasteiger partial charge in [-0.05, 0) is 44.4 Å². The Balaban J connectivity index is 0.000000675. The lowest BCUT2D eigenvalue weighted by atomic mass is 9.81. The van der Waals surface area contributed by atoms with Crippen LogP contribution in [0.2, 0.25) is 0 Å². The minimum absolute atomic E-state index is 0.0115. The second-order valence-electron chi connectivity index (χ2n) is 7.81. The summed E-state index contributed by atoms with van der Waals surface area (Å²) in [5, 5.41) is 10.1. The van der Waals surface area contributed by atoms with Gasteiger partial charge in [0.2, 0.25) is 11.8 Å². The Hall–Kier alpha value is -2.96. The molecule has 2 aliphatic rings. The van der Waals surface area contributed by atoms with Gasteiger partial charge < -0.3 is 10.4 Å². The summed E-state index contributed by atoms with van der Waals surface area (Å²) in [6, 6.07) is 0. The van der Waals surface area contributed by atoms with Crippen LogP contribution in [0.3, 0.4) is 0 Å². The molecular weight excluding hydrogens is 449 g/mol. The molecule has 5 N–H and O–H groups in total. The summed E-state index contributed by atoms with van der Waals surface area (Å²) in [6.45, 7) is 1.07. The quantitative estimate of drug-likeness (QED) is 0.127. The molecule has 0 aromatic rings. The van der Waals surface area contributed by atoms with E-state index in [-0.39, 0.29) is 35.5 Å². The van der Waals surface area contributed by atoms with Crippen molar-refractivity contribution in [3.63, 3.8) is 0 Å². The summed E-state index contributed by atoms with van der Waals surface area (Å²) in [5.41, 5.74) is 2.10. The highest BCUT2D eigenvalue weighted by molar-refractivity contribution is 6.12. The van der Waals surface area contributed by atoms with Gasteiger partial charge in [-0.1, -0.05) is 6.42 Å². The fraction of sp³-hybridized carbons (Fsp3) is 0.650. The van der Waals surface area contributed by atoms with E-state index in [4.69, 9.17) is 15.7 Å². The van der Waals surface area contributed by atoms with Crippen LogP contribution in [0.1, 0.15) is 51.4 Å². The zero-order valence-corrected chi connectivity index (χ0v) is 18.0. The lowest BCUT2D eigenvalue weighted by molar-refractivity contribution is -0.192. The molecule has 0 atom stereocenters. The van der Waals surface area contributed by atoms with Crippen LogP contribution in [0.5, 0.6) is 0 Å². The summed E-state index contributed by atoms with van der Waals surface area (Å²) >= 11 is 0.